The molecule has 1 saturated heterocycles. The van der Waals surface area contributed by atoms with E-state index in [2.05, 4.69) is 25.2 Å². The number of hydrogen-bond donors (Lipinski definition) is 3. The first-order valence-corrected chi connectivity index (χ1v) is 12.0. The van der Waals surface area contributed by atoms with Crippen LogP contribution in [0.5, 0.6) is 5.75 Å². The summed E-state index contributed by atoms with van der Waals surface area (Å²) < 4.78 is 14.8. The first-order valence-electron chi connectivity index (χ1n) is 12.0. The summed E-state index contributed by atoms with van der Waals surface area (Å²) in [6.07, 6.45) is 7.76. The van der Waals surface area contributed by atoms with Crippen LogP contribution >= 0.6 is 0 Å². The maximum absolute atomic E-state index is 14.8. The van der Waals surface area contributed by atoms with Gasteiger partial charge in [-0.25, -0.2) is 14.4 Å². The molecule has 190 valence electrons. The topological polar surface area (TPSA) is 128 Å². The molecule has 0 aliphatic carbocycles. The fourth-order valence-electron chi connectivity index (χ4n) is 4.59. The second-order valence-corrected chi connectivity index (χ2v) is 9.38. The standard InChI is InChI=1S/C26H30FN5O4/c1-17-24(35)23(25(36)29-15-22(33)34)31-21(30-17)13-18-7-11-32(12-8-18)20-5-3-19(4-6-20)14-26(27)9-2-10-28-16-26/h2-6,10,16,18,35H,7-9,11-15H2,1H3,(H,29,36)(H,33,34). The molecule has 36 heavy (non-hydrogen) atoms. The number of hydrogen-bond acceptors (Lipinski definition) is 7. The minimum Gasteiger partial charge on any atom is -0.504 e. The van der Waals surface area contributed by atoms with Crippen molar-refractivity contribution in [2.24, 2.45) is 10.9 Å². The number of benzene rings is 1. The molecule has 3 heterocycles. The number of aliphatic imine (C=N–C) groups is 1. The first-order chi connectivity index (χ1) is 17.2. The molecule has 0 bridgehead atoms. The third-order valence-electron chi connectivity index (χ3n) is 6.56. The molecule has 0 spiro atoms. The molecular formula is C26H30FN5O4. The second-order valence-electron chi connectivity index (χ2n) is 9.38. The Labute approximate surface area is 208 Å². The van der Waals surface area contributed by atoms with Gasteiger partial charge in [-0.15, -0.1) is 0 Å². The van der Waals surface area contributed by atoms with Gasteiger partial charge in [0.05, 0.1) is 5.69 Å². The van der Waals surface area contributed by atoms with Gasteiger partial charge in [-0.1, -0.05) is 18.2 Å². The van der Waals surface area contributed by atoms with Crippen LogP contribution in [0.4, 0.5) is 10.1 Å². The van der Waals surface area contributed by atoms with Gasteiger partial charge in [0.2, 0.25) is 0 Å². The molecule has 2 aliphatic heterocycles. The Morgan fingerprint density at radius 2 is 1.92 bits per heavy atom. The molecule has 1 aromatic heterocycles. The summed E-state index contributed by atoms with van der Waals surface area (Å²) in [5.41, 5.74) is 0.669. The van der Waals surface area contributed by atoms with Crippen LogP contribution in [-0.2, 0) is 17.6 Å². The highest BCUT2D eigenvalue weighted by Crippen LogP contribution is 2.28. The van der Waals surface area contributed by atoms with Gasteiger partial charge in [-0.05, 0) is 43.4 Å². The molecule has 2 aromatic rings. The number of alkyl halides is 1. The lowest BCUT2D eigenvalue weighted by molar-refractivity contribution is -0.135. The van der Waals surface area contributed by atoms with Gasteiger partial charge in [0, 0.05) is 50.5 Å². The second kappa shape index (κ2) is 10.8. The SMILES string of the molecule is Cc1nc(CC2CCN(c3ccc(CC4(F)C=NC=CC4)cc3)CC2)nc(C(=O)NCC(=O)O)c1O. The molecule has 1 atom stereocenters. The monoisotopic (exact) mass is 495 g/mol. The minimum absolute atomic E-state index is 0.207. The van der Waals surface area contributed by atoms with E-state index in [1.807, 2.05) is 24.3 Å². The summed E-state index contributed by atoms with van der Waals surface area (Å²) in [4.78, 5) is 37.8. The molecule has 1 fully saturated rings. The van der Waals surface area contributed by atoms with Crippen molar-refractivity contribution in [1.29, 1.82) is 0 Å². The number of anilines is 1. The predicted octanol–water partition coefficient (Wildman–Crippen LogP) is 3.00. The van der Waals surface area contributed by atoms with Crippen molar-refractivity contribution in [2.45, 2.75) is 44.7 Å². The zero-order valence-electron chi connectivity index (χ0n) is 20.2. The number of aromatic hydroxyl groups is 1. The molecule has 4 rings (SSSR count). The van der Waals surface area contributed by atoms with E-state index in [1.54, 1.807) is 19.2 Å². The van der Waals surface area contributed by atoms with Crippen LogP contribution in [0.2, 0.25) is 0 Å². The lowest BCUT2D eigenvalue weighted by atomic mass is 9.91. The summed E-state index contributed by atoms with van der Waals surface area (Å²) in [6.45, 7) is 2.72. The van der Waals surface area contributed by atoms with E-state index < -0.39 is 24.1 Å². The summed E-state index contributed by atoms with van der Waals surface area (Å²) in [6, 6.07) is 8.00. The highest BCUT2D eigenvalue weighted by molar-refractivity contribution is 5.96. The van der Waals surface area contributed by atoms with Crippen molar-refractivity contribution in [2.75, 3.05) is 24.5 Å². The van der Waals surface area contributed by atoms with Crippen LogP contribution in [0.3, 0.4) is 0 Å². The van der Waals surface area contributed by atoms with E-state index >= 15 is 0 Å². The van der Waals surface area contributed by atoms with Crippen LogP contribution in [0.1, 0.15) is 46.8 Å². The van der Waals surface area contributed by atoms with E-state index in [0.717, 1.165) is 37.2 Å². The van der Waals surface area contributed by atoms with Crippen LogP contribution in [0, 0.1) is 12.8 Å². The molecule has 10 heteroatoms. The number of aliphatic carboxylic acids is 1. The zero-order valence-corrected chi connectivity index (χ0v) is 20.2. The maximum Gasteiger partial charge on any atom is 0.322 e. The Balaban J connectivity index is 1.33. The van der Waals surface area contributed by atoms with E-state index in [4.69, 9.17) is 5.11 Å². The number of carboxylic acids is 1. The molecule has 1 unspecified atom stereocenters. The number of nitrogens with zero attached hydrogens (tertiary/aromatic N) is 4. The van der Waals surface area contributed by atoms with Crippen molar-refractivity contribution in [3.05, 3.63) is 59.3 Å². The molecule has 9 nitrogen and oxygen atoms in total. The number of carboxylic acid groups (broad SMARTS) is 1. The number of rotatable bonds is 8. The summed E-state index contributed by atoms with van der Waals surface area (Å²) in [5.74, 6) is -1.51. The third-order valence-corrected chi connectivity index (χ3v) is 6.56. The average Bonchev–Trinajstić information content (AvgIpc) is 2.86. The van der Waals surface area contributed by atoms with Gasteiger partial charge >= 0.3 is 5.97 Å². The highest BCUT2D eigenvalue weighted by Gasteiger charge is 2.28. The smallest absolute Gasteiger partial charge is 0.322 e. The Morgan fingerprint density at radius 1 is 1.19 bits per heavy atom. The third kappa shape index (κ3) is 6.24. The van der Waals surface area contributed by atoms with Crippen molar-refractivity contribution >= 4 is 23.8 Å². The summed E-state index contributed by atoms with van der Waals surface area (Å²) in [7, 11) is 0. The van der Waals surface area contributed by atoms with Crippen molar-refractivity contribution in [3.8, 4) is 5.75 Å². The summed E-state index contributed by atoms with van der Waals surface area (Å²) in [5, 5.41) is 21.2. The number of carbonyl (C=O) groups excluding carboxylic acids is 1. The highest BCUT2D eigenvalue weighted by atomic mass is 19.1. The number of aryl methyl sites for hydroxylation is 1. The Hall–Kier alpha value is -3.82. The van der Waals surface area contributed by atoms with Gasteiger partial charge in [0.25, 0.3) is 5.91 Å². The van der Waals surface area contributed by atoms with Gasteiger partial charge < -0.3 is 20.4 Å². The molecule has 2 aliphatic rings. The van der Waals surface area contributed by atoms with Crippen LogP contribution in [-0.4, -0.2) is 63.6 Å². The van der Waals surface area contributed by atoms with Crippen molar-refractivity contribution in [3.63, 3.8) is 0 Å². The largest absolute Gasteiger partial charge is 0.504 e. The summed E-state index contributed by atoms with van der Waals surface area (Å²) >= 11 is 0. The van der Waals surface area contributed by atoms with E-state index in [0.29, 0.717) is 31.0 Å². The maximum atomic E-state index is 14.8. The molecule has 1 amide bonds. The number of amides is 1. The zero-order chi connectivity index (χ0) is 25.7. The van der Waals surface area contributed by atoms with Crippen molar-refractivity contribution in [1.82, 2.24) is 15.3 Å². The van der Waals surface area contributed by atoms with E-state index in [9.17, 15) is 19.1 Å². The minimum atomic E-state index is -1.43. The molecule has 3 N–H and O–H groups in total. The fraction of sp³-hybridized carbons (Fsp3) is 0.423. The van der Waals surface area contributed by atoms with Crippen molar-refractivity contribution < 1.29 is 24.2 Å². The number of piperidine rings is 1. The van der Waals surface area contributed by atoms with Crippen LogP contribution in [0.15, 0.2) is 41.5 Å². The Bertz CT molecular complexity index is 1180. The van der Waals surface area contributed by atoms with Gasteiger partial charge in [0.15, 0.2) is 17.1 Å². The molecule has 0 saturated carbocycles. The predicted molar refractivity (Wildman–Crippen MR) is 133 cm³/mol. The number of carbonyl (C=O) groups is 2. The lowest BCUT2D eigenvalue weighted by Gasteiger charge is -2.33. The van der Waals surface area contributed by atoms with Crippen LogP contribution < -0.4 is 10.2 Å². The van der Waals surface area contributed by atoms with Gasteiger partial charge in [0.1, 0.15) is 12.4 Å². The van der Waals surface area contributed by atoms with Gasteiger partial charge in [-0.2, -0.15) is 0 Å². The number of allylic oxidation sites excluding steroid dienone is 1. The number of nitrogens with one attached hydrogen (secondary N) is 1. The Kier molecular flexibility index (Phi) is 7.61. The molecule has 1 aromatic carbocycles. The Morgan fingerprint density at radius 3 is 2.56 bits per heavy atom. The number of aromatic nitrogens is 2. The molecule has 0 radical (unpaired) electrons. The lowest BCUT2D eigenvalue weighted by Crippen LogP contribution is -2.34. The fourth-order valence-corrected chi connectivity index (χ4v) is 4.59. The quantitative estimate of drug-likeness (QED) is 0.514. The molecular weight excluding hydrogens is 465 g/mol. The average molecular weight is 496 g/mol. The first kappa shape index (κ1) is 25.3. The van der Waals surface area contributed by atoms with E-state index in [-0.39, 0.29) is 17.1 Å². The normalized spacial score (nSPS) is 19.9. The van der Waals surface area contributed by atoms with Crippen LogP contribution in [0.25, 0.3) is 0 Å². The van der Waals surface area contributed by atoms with Gasteiger partial charge in [-0.3, -0.25) is 14.6 Å². The number of halogens is 1. The van der Waals surface area contributed by atoms with E-state index in [1.165, 1.54) is 6.21 Å².